The number of Topliss-reactive ketones (excluding diaryl/α,β-unsaturated/α-hetero) is 1. The fourth-order valence-corrected chi connectivity index (χ4v) is 3.77. The largest absolute Gasteiger partial charge is 0.337 e. The standard InChI is InChI=1S/C21H20ClN3O2/c1-14-4-2-10-24-13-18(23-20(14)24)21(27)25-11-3-5-16(12-25)19(26)15-6-8-17(22)9-7-15/h2,4,6-10,13,16H,3,5,11-12H2,1H3. The summed E-state index contributed by atoms with van der Waals surface area (Å²) in [5.74, 6) is -0.246. The highest BCUT2D eigenvalue weighted by Gasteiger charge is 2.30. The zero-order valence-electron chi connectivity index (χ0n) is 15.1. The van der Waals surface area contributed by atoms with Gasteiger partial charge in [-0.15, -0.1) is 0 Å². The summed E-state index contributed by atoms with van der Waals surface area (Å²) in [5.41, 5.74) is 2.86. The predicted molar refractivity (Wildman–Crippen MR) is 104 cm³/mol. The third-order valence-electron chi connectivity index (χ3n) is 5.11. The molecule has 0 N–H and O–H groups in total. The SMILES string of the molecule is Cc1cccn2cc(C(=O)N3CCCC(C(=O)c4ccc(Cl)cc4)C3)nc12. The van der Waals surface area contributed by atoms with Gasteiger partial charge < -0.3 is 9.30 Å². The molecule has 138 valence electrons. The lowest BCUT2D eigenvalue weighted by molar-refractivity contribution is 0.0632. The van der Waals surface area contributed by atoms with Crippen LogP contribution in [0.4, 0.5) is 0 Å². The van der Waals surface area contributed by atoms with Crippen molar-refractivity contribution in [3.05, 3.63) is 70.6 Å². The van der Waals surface area contributed by atoms with Crippen molar-refractivity contribution < 1.29 is 9.59 Å². The number of piperidine rings is 1. The number of nitrogens with zero attached hydrogens (tertiary/aromatic N) is 3. The number of pyridine rings is 1. The lowest BCUT2D eigenvalue weighted by Crippen LogP contribution is -2.42. The Bertz CT molecular complexity index is 1010. The summed E-state index contributed by atoms with van der Waals surface area (Å²) in [6.07, 6.45) is 5.24. The highest BCUT2D eigenvalue weighted by atomic mass is 35.5. The number of carbonyl (C=O) groups excluding carboxylic acids is 2. The van der Waals surface area contributed by atoms with E-state index < -0.39 is 0 Å². The number of carbonyl (C=O) groups is 2. The second-order valence-electron chi connectivity index (χ2n) is 7.01. The van der Waals surface area contributed by atoms with E-state index in [9.17, 15) is 9.59 Å². The van der Waals surface area contributed by atoms with Gasteiger partial charge in [-0.3, -0.25) is 9.59 Å². The van der Waals surface area contributed by atoms with Crippen molar-refractivity contribution in [1.82, 2.24) is 14.3 Å². The van der Waals surface area contributed by atoms with Crippen LogP contribution >= 0.6 is 11.6 Å². The van der Waals surface area contributed by atoms with Crippen molar-refractivity contribution in [3.8, 4) is 0 Å². The average molecular weight is 382 g/mol. The number of rotatable bonds is 3. The number of aromatic nitrogens is 2. The molecular weight excluding hydrogens is 362 g/mol. The number of hydrogen-bond donors (Lipinski definition) is 0. The molecule has 2 aromatic heterocycles. The van der Waals surface area contributed by atoms with Crippen molar-refractivity contribution in [3.63, 3.8) is 0 Å². The molecule has 0 aliphatic carbocycles. The van der Waals surface area contributed by atoms with Crippen LogP contribution in [0.3, 0.4) is 0 Å². The second-order valence-corrected chi connectivity index (χ2v) is 7.45. The Morgan fingerprint density at radius 2 is 1.96 bits per heavy atom. The molecule has 1 atom stereocenters. The van der Waals surface area contributed by atoms with Crippen molar-refractivity contribution in [2.45, 2.75) is 19.8 Å². The van der Waals surface area contributed by atoms with Crippen molar-refractivity contribution >= 4 is 28.9 Å². The van der Waals surface area contributed by atoms with Gasteiger partial charge in [0.15, 0.2) is 5.78 Å². The molecular formula is C21H20ClN3O2. The first kappa shape index (κ1) is 17.7. The molecule has 1 unspecified atom stereocenters. The Labute approximate surface area is 162 Å². The summed E-state index contributed by atoms with van der Waals surface area (Å²) in [5, 5.41) is 0.606. The van der Waals surface area contributed by atoms with Gasteiger partial charge >= 0.3 is 0 Å². The molecule has 1 aromatic carbocycles. The maximum atomic E-state index is 13.0. The summed E-state index contributed by atoms with van der Waals surface area (Å²) in [6.45, 7) is 3.04. The number of halogens is 1. The monoisotopic (exact) mass is 381 g/mol. The Morgan fingerprint density at radius 1 is 1.19 bits per heavy atom. The van der Waals surface area contributed by atoms with E-state index in [0.29, 0.717) is 29.4 Å². The van der Waals surface area contributed by atoms with Crippen LogP contribution in [-0.2, 0) is 0 Å². The molecule has 3 heterocycles. The van der Waals surface area contributed by atoms with Crippen molar-refractivity contribution in [1.29, 1.82) is 0 Å². The zero-order chi connectivity index (χ0) is 19.0. The van der Waals surface area contributed by atoms with E-state index in [0.717, 1.165) is 24.1 Å². The van der Waals surface area contributed by atoms with E-state index in [1.165, 1.54) is 0 Å². The molecule has 3 aromatic rings. The van der Waals surface area contributed by atoms with E-state index in [2.05, 4.69) is 4.98 Å². The minimum Gasteiger partial charge on any atom is -0.337 e. The Kier molecular flexibility index (Phi) is 4.70. The van der Waals surface area contributed by atoms with E-state index in [1.807, 2.05) is 29.7 Å². The molecule has 1 saturated heterocycles. The lowest BCUT2D eigenvalue weighted by atomic mass is 9.90. The van der Waals surface area contributed by atoms with Crippen LogP contribution in [0.1, 0.15) is 39.3 Å². The number of ketones is 1. The molecule has 0 radical (unpaired) electrons. The molecule has 27 heavy (non-hydrogen) atoms. The maximum Gasteiger partial charge on any atom is 0.274 e. The fourth-order valence-electron chi connectivity index (χ4n) is 3.64. The van der Waals surface area contributed by atoms with Gasteiger partial charge in [-0.05, 0) is 55.7 Å². The predicted octanol–water partition coefficient (Wildman–Crippen LogP) is 4.03. The molecule has 0 saturated carbocycles. The smallest absolute Gasteiger partial charge is 0.274 e. The second kappa shape index (κ2) is 7.16. The summed E-state index contributed by atoms with van der Waals surface area (Å²) in [4.78, 5) is 32.0. The van der Waals surface area contributed by atoms with Crippen LogP contribution in [0, 0.1) is 12.8 Å². The molecule has 0 spiro atoms. The molecule has 5 nitrogen and oxygen atoms in total. The number of hydrogen-bond acceptors (Lipinski definition) is 3. The summed E-state index contributed by atoms with van der Waals surface area (Å²) in [7, 11) is 0. The molecule has 6 heteroatoms. The first-order valence-corrected chi connectivity index (χ1v) is 9.44. The van der Waals surface area contributed by atoms with Crippen LogP contribution in [0.25, 0.3) is 5.65 Å². The zero-order valence-corrected chi connectivity index (χ0v) is 15.8. The quantitative estimate of drug-likeness (QED) is 0.643. The Balaban J connectivity index is 1.53. The van der Waals surface area contributed by atoms with Gasteiger partial charge in [0.05, 0.1) is 0 Å². The molecule has 1 aliphatic heterocycles. The highest BCUT2D eigenvalue weighted by Crippen LogP contribution is 2.23. The highest BCUT2D eigenvalue weighted by molar-refractivity contribution is 6.30. The van der Waals surface area contributed by atoms with Gasteiger partial charge in [0.2, 0.25) is 0 Å². The summed E-state index contributed by atoms with van der Waals surface area (Å²) in [6, 6.07) is 10.8. The summed E-state index contributed by atoms with van der Waals surface area (Å²) >= 11 is 5.91. The van der Waals surface area contributed by atoms with Gasteiger partial charge in [-0.1, -0.05) is 17.7 Å². The number of amides is 1. The van der Waals surface area contributed by atoms with Crippen LogP contribution in [0.15, 0.2) is 48.8 Å². The van der Waals surface area contributed by atoms with Crippen LogP contribution in [-0.4, -0.2) is 39.1 Å². The van der Waals surface area contributed by atoms with E-state index in [4.69, 9.17) is 11.6 Å². The third kappa shape index (κ3) is 3.47. The fraction of sp³-hybridized carbons (Fsp3) is 0.286. The van der Waals surface area contributed by atoms with E-state index in [1.54, 1.807) is 35.4 Å². The van der Waals surface area contributed by atoms with Crippen molar-refractivity contribution in [2.75, 3.05) is 13.1 Å². The van der Waals surface area contributed by atoms with E-state index >= 15 is 0 Å². The third-order valence-corrected chi connectivity index (χ3v) is 5.36. The summed E-state index contributed by atoms with van der Waals surface area (Å²) < 4.78 is 1.86. The lowest BCUT2D eigenvalue weighted by Gasteiger charge is -2.31. The van der Waals surface area contributed by atoms with Gasteiger partial charge in [0.1, 0.15) is 11.3 Å². The van der Waals surface area contributed by atoms with Gasteiger partial charge in [-0.2, -0.15) is 0 Å². The van der Waals surface area contributed by atoms with Gasteiger partial charge in [0.25, 0.3) is 5.91 Å². The average Bonchev–Trinajstić information content (AvgIpc) is 3.13. The number of fused-ring (bicyclic) bond motifs is 1. The molecule has 1 aliphatic rings. The normalized spacial score (nSPS) is 17.3. The topological polar surface area (TPSA) is 54.7 Å². The molecule has 0 bridgehead atoms. The molecule has 1 amide bonds. The minimum absolute atomic E-state index is 0.0648. The Morgan fingerprint density at radius 3 is 2.70 bits per heavy atom. The van der Waals surface area contributed by atoms with E-state index in [-0.39, 0.29) is 17.6 Å². The number of benzene rings is 1. The first-order valence-electron chi connectivity index (χ1n) is 9.06. The van der Waals surface area contributed by atoms with Crippen molar-refractivity contribution in [2.24, 2.45) is 5.92 Å². The maximum absolute atomic E-state index is 13.0. The van der Waals surface area contributed by atoms with Crippen LogP contribution < -0.4 is 0 Å². The van der Waals surface area contributed by atoms with Crippen LogP contribution in [0.2, 0.25) is 5.02 Å². The molecule has 1 fully saturated rings. The van der Waals surface area contributed by atoms with Gasteiger partial charge in [0, 0.05) is 42.0 Å². The number of imidazole rings is 1. The minimum atomic E-state index is -0.192. The number of likely N-dealkylation sites (tertiary alicyclic amines) is 1. The molecule has 4 rings (SSSR count). The first-order chi connectivity index (χ1) is 13.0. The van der Waals surface area contributed by atoms with Gasteiger partial charge in [-0.25, -0.2) is 4.98 Å². The number of aryl methyl sites for hydroxylation is 1. The van der Waals surface area contributed by atoms with Crippen LogP contribution in [0.5, 0.6) is 0 Å². The Hall–Kier alpha value is -2.66.